The van der Waals surface area contributed by atoms with Gasteiger partial charge in [-0.3, -0.25) is 0 Å². The fraction of sp³-hybridized carbons (Fsp3) is 0.588. The smallest absolute Gasteiger partial charge is 0.410 e. The highest BCUT2D eigenvalue weighted by Gasteiger charge is 2.35. The molecule has 3 heterocycles. The summed E-state index contributed by atoms with van der Waals surface area (Å²) >= 11 is 5.91. The molecule has 7 nitrogen and oxygen atoms in total. The van der Waals surface area contributed by atoms with Gasteiger partial charge in [-0.25, -0.2) is 14.2 Å². The number of hydrogen-bond donors (Lipinski definition) is 0. The van der Waals surface area contributed by atoms with Gasteiger partial charge in [0.05, 0.1) is 18.7 Å². The van der Waals surface area contributed by atoms with E-state index >= 15 is 0 Å². The van der Waals surface area contributed by atoms with Gasteiger partial charge in [0.1, 0.15) is 11.2 Å². The van der Waals surface area contributed by atoms with E-state index < -0.39 is 24.7 Å². The van der Waals surface area contributed by atoms with E-state index in [0.29, 0.717) is 18.6 Å². The molecule has 2 aromatic rings. The molecule has 1 saturated heterocycles. The van der Waals surface area contributed by atoms with Crippen LogP contribution in [-0.2, 0) is 9.47 Å². The van der Waals surface area contributed by atoms with Gasteiger partial charge in [0.25, 0.3) is 0 Å². The summed E-state index contributed by atoms with van der Waals surface area (Å²) < 4.78 is 25.6. The Balaban J connectivity index is 1.82. The van der Waals surface area contributed by atoms with Crippen LogP contribution < -0.4 is 0 Å². The molecule has 2 aromatic heterocycles. The van der Waals surface area contributed by atoms with E-state index in [1.165, 1.54) is 0 Å². The van der Waals surface area contributed by atoms with Crippen LogP contribution in [0.4, 0.5) is 9.18 Å². The number of rotatable bonds is 3. The molecule has 0 N–H and O–H groups in total. The Labute approximate surface area is 156 Å². The summed E-state index contributed by atoms with van der Waals surface area (Å²) in [5, 5.41) is 0.981. The van der Waals surface area contributed by atoms with Gasteiger partial charge >= 0.3 is 6.09 Å². The summed E-state index contributed by atoms with van der Waals surface area (Å²) in [7, 11) is 0. The van der Waals surface area contributed by atoms with Gasteiger partial charge < -0.3 is 18.9 Å². The summed E-state index contributed by atoms with van der Waals surface area (Å²) in [5.74, 6) is 0. The summed E-state index contributed by atoms with van der Waals surface area (Å²) in [6, 6.07) is 1.70. The molecule has 0 bridgehead atoms. The Morgan fingerprint density at radius 1 is 1.46 bits per heavy atom. The molecule has 0 aliphatic carbocycles. The van der Waals surface area contributed by atoms with Crippen LogP contribution in [0.3, 0.4) is 0 Å². The number of nitrogens with zero attached hydrogens (tertiary/aromatic N) is 4. The molecule has 1 fully saturated rings. The average molecular weight is 385 g/mol. The van der Waals surface area contributed by atoms with Crippen LogP contribution in [0.2, 0.25) is 5.28 Å². The summed E-state index contributed by atoms with van der Waals surface area (Å²) in [6.45, 7) is 5.21. The van der Waals surface area contributed by atoms with Crippen molar-refractivity contribution in [2.45, 2.75) is 44.9 Å². The minimum Gasteiger partial charge on any atom is -0.444 e. The van der Waals surface area contributed by atoms with Gasteiger partial charge in [0, 0.05) is 24.3 Å². The Morgan fingerprint density at radius 2 is 2.23 bits per heavy atom. The van der Waals surface area contributed by atoms with Crippen LogP contribution in [0, 0.1) is 0 Å². The van der Waals surface area contributed by atoms with E-state index in [9.17, 15) is 9.18 Å². The van der Waals surface area contributed by atoms with Crippen LogP contribution >= 0.6 is 11.6 Å². The SMILES string of the molecule is CC(C)(C)OC(=O)N1CC[C@H](n2ccc3cnc(Cl)nc32)[C@@H](OCF)C1. The number of ether oxygens (including phenoxy) is 2. The van der Waals surface area contributed by atoms with Gasteiger partial charge in [-0.05, 0) is 44.9 Å². The number of piperidine rings is 1. The molecule has 0 unspecified atom stereocenters. The maximum absolute atomic E-state index is 13.0. The molecule has 9 heteroatoms. The Morgan fingerprint density at radius 3 is 2.92 bits per heavy atom. The Hall–Kier alpha value is -1.93. The number of aromatic nitrogens is 3. The lowest BCUT2D eigenvalue weighted by Crippen LogP contribution is -2.49. The molecule has 1 amide bonds. The van der Waals surface area contributed by atoms with Crippen molar-refractivity contribution < 1.29 is 18.7 Å². The lowest BCUT2D eigenvalue weighted by molar-refractivity contribution is -0.0687. The second-order valence-corrected chi connectivity index (χ2v) is 7.58. The number of halogens is 2. The molecule has 1 aliphatic heterocycles. The van der Waals surface area contributed by atoms with E-state index in [1.807, 2.05) is 37.6 Å². The molecule has 0 saturated carbocycles. The third-order valence-corrected chi connectivity index (χ3v) is 4.42. The van der Waals surface area contributed by atoms with Crippen molar-refractivity contribution >= 4 is 28.7 Å². The lowest BCUT2D eigenvalue weighted by atomic mass is 10.0. The van der Waals surface area contributed by atoms with Gasteiger partial charge in [0.15, 0.2) is 6.86 Å². The highest BCUT2D eigenvalue weighted by Crippen LogP contribution is 2.30. The van der Waals surface area contributed by atoms with Crippen molar-refractivity contribution in [3.05, 3.63) is 23.7 Å². The first kappa shape index (κ1) is 18.8. The third-order valence-electron chi connectivity index (χ3n) is 4.24. The zero-order chi connectivity index (χ0) is 18.9. The molecule has 142 valence electrons. The first-order valence-electron chi connectivity index (χ1n) is 8.43. The van der Waals surface area contributed by atoms with Crippen molar-refractivity contribution in [1.82, 2.24) is 19.4 Å². The largest absolute Gasteiger partial charge is 0.444 e. The van der Waals surface area contributed by atoms with Gasteiger partial charge in [-0.2, -0.15) is 4.98 Å². The number of alkyl halides is 1. The molecule has 26 heavy (non-hydrogen) atoms. The second kappa shape index (κ2) is 7.36. The van der Waals surface area contributed by atoms with Crippen molar-refractivity contribution in [1.29, 1.82) is 0 Å². The fourth-order valence-electron chi connectivity index (χ4n) is 3.14. The van der Waals surface area contributed by atoms with E-state index in [2.05, 4.69) is 9.97 Å². The highest BCUT2D eigenvalue weighted by molar-refractivity contribution is 6.28. The monoisotopic (exact) mass is 384 g/mol. The molecule has 1 aliphatic rings. The Kier molecular flexibility index (Phi) is 5.34. The van der Waals surface area contributed by atoms with E-state index in [4.69, 9.17) is 21.1 Å². The molecule has 0 aromatic carbocycles. The number of carbonyl (C=O) groups is 1. The molecular weight excluding hydrogens is 363 g/mol. The number of fused-ring (bicyclic) bond motifs is 1. The van der Waals surface area contributed by atoms with Crippen LogP contribution in [0.25, 0.3) is 11.0 Å². The standard InChI is InChI=1S/C17H22ClFN4O3/c1-17(2,3)26-16(24)22-6-5-12(13(9-22)25-10-19)23-7-4-11-8-20-15(18)21-14(11)23/h4,7-8,12-13H,5-6,9-10H2,1-3H3/t12-,13-/m0/s1. The number of likely N-dealkylation sites (tertiary alicyclic amines) is 1. The normalized spacial score (nSPS) is 21.2. The van der Waals surface area contributed by atoms with Gasteiger partial charge in [-0.1, -0.05) is 0 Å². The van der Waals surface area contributed by atoms with Gasteiger partial charge in [0.2, 0.25) is 5.28 Å². The van der Waals surface area contributed by atoms with Crippen molar-refractivity contribution in [2.24, 2.45) is 0 Å². The minimum absolute atomic E-state index is 0.145. The number of carbonyl (C=O) groups excluding carboxylic acids is 1. The third kappa shape index (κ3) is 4.07. The zero-order valence-corrected chi connectivity index (χ0v) is 15.7. The summed E-state index contributed by atoms with van der Waals surface area (Å²) in [6.07, 6.45) is 3.13. The second-order valence-electron chi connectivity index (χ2n) is 7.24. The lowest BCUT2D eigenvalue weighted by Gasteiger charge is -2.39. The van der Waals surface area contributed by atoms with Crippen molar-refractivity contribution in [3.63, 3.8) is 0 Å². The zero-order valence-electron chi connectivity index (χ0n) is 15.0. The van der Waals surface area contributed by atoms with Crippen LogP contribution in [0.5, 0.6) is 0 Å². The average Bonchev–Trinajstić information content (AvgIpc) is 2.96. The van der Waals surface area contributed by atoms with Crippen LogP contribution in [0.15, 0.2) is 18.5 Å². The summed E-state index contributed by atoms with van der Waals surface area (Å²) in [4.78, 5) is 22.1. The number of amides is 1. The topological polar surface area (TPSA) is 69.5 Å². The van der Waals surface area contributed by atoms with Gasteiger partial charge in [-0.15, -0.1) is 0 Å². The molecule has 0 spiro atoms. The predicted molar refractivity (Wildman–Crippen MR) is 94.8 cm³/mol. The van der Waals surface area contributed by atoms with Crippen LogP contribution in [-0.4, -0.2) is 57.2 Å². The van der Waals surface area contributed by atoms with Crippen LogP contribution in [0.1, 0.15) is 33.2 Å². The number of hydrogen-bond acceptors (Lipinski definition) is 5. The van der Waals surface area contributed by atoms with Crippen molar-refractivity contribution in [3.8, 4) is 0 Å². The first-order chi connectivity index (χ1) is 12.3. The maximum Gasteiger partial charge on any atom is 0.410 e. The molecule has 2 atom stereocenters. The summed E-state index contributed by atoms with van der Waals surface area (Å²) in [5.41, 5.74) is 0.0717. The van der Waals surface area contributed by atoms with E-state index in [-0.39, 0.29) is 17.9 Å². The predicted octanol–water partition coefficient (Wildman–Crippen LogP) is 3.58. The van der Waals surface area contributed by atoms with E-state index in [1.54, 1.807) is 11.1 Å². The highest BCUT2D eigenvalue weighted by atomic mass is 35.5. The molecule has 0 radical (unpaired) electrons. The Bertz CT molecular complexity index is 792. The maximum atomic E-state index is 13.0. The quantitative estimate of drug-likeness (QED) is 0.756. The fourth-order valence-corrected chi connectivity index (χ4v) is 3.27. The molecule has 3 rings (SSSR count). The van der Waals surface area contributed by atoms with Crippen molar-refractivity contribution in [2.75, 3.05) is 20.0 Å². The molecular formula is C17H22ClFN4O3. The minimum atomic E-state index is -0.932. The van der Waals surface area contributed by atoms with E-state index in [0.717, 1.165) is 5.39 Å². The first-order valence-corrected chi connectivity index (χ1v) is 8.81.